The minimum atomic E-state index is -0.0630. The van der Waals surface area contributed by atoms with Crippen LogP contribution in [0.4, 0.5) is 0 Å². The Morgan fingerprint density at radius 2 is 1.87 bits per heavy atom. The molecule has 0 saturated carbocycles. The minimum absolute atomic E-state index is 0.0630. The number of fused-ring (bicyclic) bond motifs is 1. The zero-order valence-corrected chi connectivity index (χ0v) is 17.5. The van der Waals surface area contributed by atoms with Gasteiger partial charge in [-0.3, -0.25) is 4.79 Å². The smallest absolute Gasteiger partial charge is 0.271 e. The highest BCUT2D eigenvalue weighted by molar-refractivity contribution is 5.92. The highest BCUT2D eigenvalue weighted by Crippen LogP contribution is 2.31. The highest BCUT2D eigenvalue weighted by atomic mass is 16.5. The van der Waals surface area contributed by atoms with Crippen LogP contribution in [0.25, 0.3) is 0 Å². The Kier molecular flexibility index (Phi) is 6.47. The number of amides is 1. The lowest BCUT2D eigenvalue weighted by Gasteiger charge is -2.24. The largest absolute Gasteiger partial charge is 0.457 e. The van der Waals surface area contributed by atoms with E-state index >= 15 is 0 Å². The molecular formula is C25H29N3O2. The van der Waals surface area contributed by atoms with Crippen molar-refractivity contribution in [1.82, 2.24) is 14.9 Å². The van der Waals surface area contributed by atoms with E-state index in [1.807, 2.05) is 48.7 Å². The van der Waals surface area contributed by atoms with Gasteiger partial charge in [0.05, 0.1) is 0 Å². The van der Waals surface area contributed by atoms with E-state index in [1.54, 1.807) is 0 Å². The van der Waals surface area contributed by atoms with Crippen LogP contribution in [0.1, 0.15) is 60.4 Å². The second-order valence-electron chi connectivity index (χ2n) is 7.88. The van der Waals surface area contributed by atoms with E-state index in [9.17, 15) is 4.79 Å². The van der Waals surface area contributed by atoms with Gasteiger partial charge < -0.3 is 14.6 Å². The number of rotatable bonds is 8. The van der Waals surface area contributed by atoms with Crippen LogP contribution < -0.4 is 10.1 Å². The van der Waals surface area contributed by atoms with Crippen LogP contribution in [0.3, 0.4) is 0 Å². The standard InChI is InChI=1S/C25H29N3O2/c1-2-3-7-16-26-25(29)23-18-28-17-20(12-15-24(28)27-23)19-10-13-22(14-11-19)30-21-8-5-4-6-9-21/h4-6,8-11,13-14,18,20H,2-3,7,12,15-17H2,1H3,(H,26,29)/t20-/m0/s1. The Hall–Kier alpha value is -3.08. The second kappa shape index (κ2) is 9.61. The molecule has 30 heavy (non-hydrogen) atoms. The first-order valence-electron chi connectivity index (χ1n) is 10.9. The molecule has 0 bridgehead atoms. The summed E-state index contributed by atoms with van der Waals surface area (Å²) in [6, 6.07) is 18.2. The maximum atomic E-state index is 12.4. The fourth-order valence-corrected chi connectivity index (χ4v) is 3.93. The summed E-state index contributed by atoms with van der Waals surface area (Å²) in [5.41, 5.74) is 1.83. The Morgan fingerprint density at radius 1 is 1.10 bits per heavy atom. The average Bonchev–Trinajstić information content (AvgIpc) is 3.21. The minimum Gasteiger partial charge on any atom is -0.457 e. The fraction of sp³-hybridized carbons (Fsp3) is 0.360. The average molecular weight is 404 g/mol. The SMILES string of the molecule is CCCCCNC(=O)c1cn2c(n1)CC[C@H](c1ccc(Oc3ccccc3)cc1)C2. The van der Waals surface area contributed by atoms with Gasteiger partial charge in [0.2, 0.25) is 0 Å². The summed E-state index contributed by atoms with van der Waals surface area (Å²) in [6.07, 6.45) is 7.13. The third-order valence-corrected chi connectivity index (χ3v) is 5.62. The van der Waals surface area contributed by atoms with Crippen LogP contribution in [0.15, 0.2) is 60.8 Å². The zero-order valence-electron chi connectivity index (χ0n) is 17.5. The van der Waals surface area contributed by atoms with Gasteiger partial charge in [0.1, 0.15) is 23.0 Å². The molecule has 4 rings (SSSR count). The molecule has 156 valence electrons. The molecular weight excluding hydrogens is 374 g/mol. The maximum Gasteiger partial charge on any atom is 0.271 e. The molecule has 1 aliphatic heterocycles. The summed E-state index contributed by atoms with van der Waals surface area (Å²) in [5, 5.41) is 2.98. The quantitative estimate of drug-likeness (QED) is 0.518. The number of nitrogens with zero attached hydrogens (tertiary/aromatic N) is 2. The van der Waals surface area contributed by atoms with Gasteiger partial charge in [-0.1, -0.05) is 50.1 Å². The molecule has 5 nitrogen and oxygen atoms in total. The van der Waals surface area contributed by atoms with Gasteiger partial charge in [-0.05, 0) is 42.7 Å². The van der Waals surface area contributed by atoms with Crippen molar-refractivity contribution in [3.63, 3.8) is 0 Å². The number of unbranched alkanes of at least 4 members (excludes halogenated alkanes) is 2. The molecule has 0 saturated heterocycles. The van der Waals surface area contributed by atoms with Crippen molar-refractivity contribution in [2.45, 2.75) is 51.5 Å². The summed E-state index contributed by atoms with van der Waals surface area (Å²) in [7, 11) is 0. The fourth-order valence-electron chi connectivity index (χ4n) is 3.93. The first-order valence-corrected chi connectivity index (χ1v) is 10.9. The van der Waals surface area contributed by atoms with Gasteiger partial charge in [0, 0.05) is 31.6 Å². The van der Waals surface area contributed by atoms with E-state index in [-0.39, 0.29) is 5.91 Å². The lowest BCUT2D eigenvalue weighted by Crippen LogP contribution is -2.24. The summed E-state index contributed by atoms with van der Waals surface area (Å²) in [6.45, 7) is 3.73. The third-order valence-electron chi connectivity index (χ3n) is 5.62. The summed E-state index contributed by atoms with van der Waals surface area (Å²) in [5.74, 6) is 3.04. The normalized spacial score (nSPS) is 15.4. The zero-order chi connectivity index (χ0) is 20.8. The Labute approximate surface area is 178 Å². The number of hydrogen-bond acceptors (Lipinski definition) is 3. The van der Waals surface area contributed by atoms with E-state index in [1.165, 1.54) is 5.56 Å². The number of carbonyl (C=O) groups excluding carboxylic acids is 1. The van der Waals surface area contributed by atoms with Crippen LogP contribution in [0, 0.1) is 0 Å². The molecule has 5 heteroatoms. The number of nitrogens with one attached hydrogen (secondary N) is 1. The summed E-state index contributed by atoms with van der Waals surface area (Å²) in [4.78, 5) is 16.9. The van der Waals surface area contributed by atoms with Gasteiger partial charge in [0.25, 0.3) is 5.91 Å². The number of aromatic nitrogens is 2. The number of carbonyl (C=O) groups is 1. The summed E-state index contributed by atoms with van der Waals surface area (Å²) >= 11 is 0. The van der Waals surface area contributed by atoms with Crippen molar-refractivity contribution in [2.75, 3.05) is 6.54 Å². The molecule has 1 amide bonds. The van der Waals surface area contributed by atoms with E-state index in [0.717, 1.165) is 62.5 Å². The number of ether oxygens (including phenoxy) is 1. The molecule has 1 atom stereocenters. The predicted octanol–water partition coefficient (Wildman–Crippen LogP) is 5.33. The highest BCUT2D eigenvalue weighted by Gasteiger charge is 2.23. The second-order valence-corrected chi connectivity index (χ2v) is 7.88. The molecule has 3 aromatic rings. The van der Waals surface area contributed by atoms with Gasteiger partial charge in [-0.2, -0.15) is 0 Å². The molecule has 0 unspecified atom stereocenters. The first kappa shape index (κ1) is 20.2. The number of imidazole rings is 1. The van der Waals surface area contributed by atoms with Crippen molar-refractivity contribution in [3.8, 4) is 11.5 Å². The number of para-hydroxylation sites is 1. The molecule has 1 aromatic heterocycles. The van der Waals surface area contributed by atoms with E-state index in [0.29, 0.717) is 11.6 Å². The van der Waals surface area contributed by atoms with Crippen LogP contribution in [0.5, 0.6) is 11.5 Å². The number of hydrogen-bond donors (Lipinski definition) is 1. The van der Waals surface area contributed by atoms with Crippen LogP contribution in [0.2, 0.25) is 0 Å². The molecule has 0 spiro atoms. The van der Waals surface area contributed by atoms with Crippen molar-refractivity contribution in [2.24, 2.45) is 0 Å². The third kappa shape index (κ3) is 4.90. The van der Waals surface area contributed by atoms with E-state index in [2.05, 4.69) is 33.9 Å². The molecule has 2 aromatic carbocycles. The number of benzene rings is 2. The van der Waals surface area contributed by atoms with E-state index < -0.39 is 0 Å². The maximum absolute atomic E-state index is 12.4. The molecule has 1 aliphatic rings. The monoisotopic (exact) mass is 403 g/mol. The lowest BCUT2D eigenvalue weighted by molar-refractivity contribution is 0.0948. The Morgan fingerprint density at radius 3 is 2.63 bits per heavy atom. The van der Waals surface area contributed by atoms with Crippen molar-refractivity contribution in [3.05, 3.63) is 77.9 Å². The summed E-state index contributed by atoms with van der Waals surface area (Å²) < 4.78 is 8.04. The van der Waals surface area contributed by atoms with Crippen LogP contribution >= 0.6 is 0 Å². The first-order chi connectivity index (χ1) is 14.7. The topological polar surface area (TPSA) is 56.2 Å². The van der Waals surface area contributed by atoms with Crippen LogP contribution in [-0.2, 0) is 13.0 Å². The molecule has 0 radical (unpaired) electrons. The van der Waals surface area contributed by atoms with Crippen molar-refractivity contribution in [1.29, 1.82) is 0 Å². The molecule has 1 N–H and O–H groups in total. The van der Waals surface area contributed by atoms with Crippen molar-refractivity contribution < 1.29 is 9.53 Å². The number of aryl methyl sites for hydroxylation is 1. The van der Waals surface area contributed by atoms with Gasteiger partial charge in [0.15, 0.2) is 0 Å². The van der Waals surface area contributed by atoms with Gasteiger partial charge in [-0.15, -0.1) is 0 Å². The van der Waals surface area contributed by atoms with Gasteiger partial charge >= 0.3 is 0 Å². The molecule has 0 fully saturated rings. The van der Waals surface area contributed by atoms with E-state index in [4.69, 9.17) is 4.74 Å². The molecule has 2 heterocycles. The van der Waals surface area contributed by atoms with Crippen molar-refractivity contribution >= 4 is 5.91 Å². The predicted molar refractivity (Wildman–Crippen MR) is 118 cm³/mol. The molecule has 0 aliphatic carbocycles. The van der Waals surface area contributed by atoms with Gasteiger partial charge in [-0.25, -0.2) is 4.98 Å². The van der Waals surface area contributed by atoms with Crippen LogP contribution in [-0.4, -0.2) is 22.0 Å². The Balaban J connectivity index is 1.37. The Bertz CT molecular complexity index is 964. The lowest BCUT2D eigenvalue weighted by atomic mass is 9.91.